The monoisotopic (exact) mass is 462 g/mol. The lowest BCUT2D eigenvalue weighted by Gasteiger charge is -2.17. The third-order valence-corrected chi connectivity index (χ3v) is 5.30. The predicted octanol–water partition coefficient (Wildman–Crippen LogP) is 5.31. The summed E-state index contributed by atoms with van der Waals surface area (Å²) in [5, 5.41) is 5.75. The average Bonchev–Trinajstić information content (AvgIpc) is 2.84. The summed E-state index contributed by atoms with van der Waals surface area (Å²) in [6.07, 6.45) is 2.26. The van der Waals surface area contributed by atoms with Crippen LogP contribution in [0.1, 0.15) is 44.8 Å². The molecule has 1 atom stereocenters. The molecule has 1 unspecified atom stereocenters. The van der Waals surface area contributed by atoms with Crippen molar-refractivity contribution in [2.24, 2.45) is 0 Å². The van der Waals surface area contributed by atoms with Gasteiger partial charge in [-0.05, 0) is 67.4 Å². The van der Waals surface area contributed by atoms with Crippen LogP contribution in [-0.4, -0.2) is 26.0 Å². The van der Waals surface area contributed by atoms with Gasteiger partial charge in [0.1, 0.15) is 5.82 Å². The molecule has 0 aromatic heterocycles. The number of methoxy groups -OCH3 is 2. The number of allylic oxidation sites excluding steroid dienone is 1. The lowest BCUT2D eigenvalue weighted by Crippen LogP contribution is -2.26. The van der Waals surface area contributed by atoms with Crippen LogP contribution >= 0.6 is 0 Å². The second-order valence-corrected chi connectivity index (χ2v) is 7.64. The van der Waals surface area contributed by atoms with Gasteiger partial charge >= 0.3 is 0 Å². The van der Waals surface area contributed by atoms with Crippen molar-refractivity contribution in [2.75, 3.05) is 19.5 Å². The van der Waals surface area contributed by atoms with E-state index in [0.29, 0.717) is 34.7 Å². The molecule has 7 heteroatoms. The zero-order valence-corrected chi connectivity index (χ0v) is 19.4. The van der Waals surface area contributed by atoms with Gasteiger partial charge in [-0.2, -0.15) is 0 Å². The van der Waals surface area contributed by atoms with Gasteiger partial charge in [0.2, 0.25) is 0 Å². The lowest BCUT2D eigenvalue weighted by molar-refractivity contribution is 0.0938. The van der Waals surface area contributed by atoms with Crippen LogP contribution in [0.5, 0.6) is 11.5 Å². The summed E-state index contributed by atoms with van der Waals surface area (Å²) in [5.41, 5.74) is 3.06. The molecule has 0 aliphatic rings. The van der Waals surface area contributed by atoms with Crippen molar-refractivity contribution >= 4 is 17.5 Å². The molecule has 176 valence electrons. The summed E-state index contributed by atoms with van der Waals surface area (Å²) in [7, 11) is 3.08. The SMILES string of the molecule is C=CCc1cc(C(=O)NC(C)c2ccc(NC(=O)c3ccc(F)cc3)cc2)cc(OC)c1OC. The van der Waals surface area contributed by atoms with Gasteiger partial charge < -0.3 is 20.1 Å². The van der Waals surface area contributed by atoms with Gasteiger partial charge in [0, 0.05) is 22.4 Å². The molecule has 3 aromatic carbocycles. The van der Waals surface area contributed by atoms with Gasteiger partial charge in [-0.1, -0.05) is 18.2 Å². The molecule has 6 nitrogen and oxygen atoms in total. The molecule has 0 spiro atoms. The van der Waals surface area contributed by atoms with Gasteiger partial charge in [-0.25, -0.2) is 4.39 Å². The summed E-state index contributed by atoms with van der Waals surface area (Å²) < 4.78 is 23.9. The third kappa shape index (κ3) is 5.81. The molecule has 0 heterocycles. The van der Waals surface area contributed by atoms with E-state index < -0.39 is 5.82 Å². The molecule has 2 N–H and O–H groups in total. The van der Waals surface area contributed by atoms with E-state index in [1.165, 1.54) is 31.4 Å². The van der Waals surface area contributed by atoms with Gasteiger partial charge in [-0.15, -0.1) is 6.58 Å². The number of halogens is 1. The number of hydrogen-bond acceptors (Lipinski definition) is 4. The highest BCUT2D eigenvalue weighted by atomic mass is 19.1. The molecule has 0 radical (unpaired) electrons. The molecule has 2 amide bonds. The summed E-state index contributed by atoms with van der Waals surface area (Å²) >= 11 is 0. The second kappa shape index (κ2) is 11.1. The minimum absolute atomic E-state index is 0.257. The van der Waals surface area contributed by atoms with Crippen molar-refractivity contribution in [1.82, 2.24) is 5.32 Å². The number of rotatable bonds is 9. The van der Waals surface area contributed by atoms with Crippen LogP contribution in [0, 0.1) is 5.82 Å². The Kier molecular flexibility index (Phi) is 8.03. The standard InChI is InChI=1S/C27H27FN2O4/c1-5-6-20-15-21(16-24(33-3)25(20)34-4)27(32)29-17(2)18-9-13-23(14-10-18)30-26(31)19-7-11-22(28)12-8-19/h5,7-17H,1,6H2,2-4H3,(H,29,32)(H,30,31). The molecule has 0 saturated carbocycles. The number of nitrogens with one attached hydrogen (secondary N) is 2. The molecular weight excluding hydrogens is 435 g/mol. The second-order valence-electron chi connectivity index (χ2n) is 7.64. The Labute approximate surface area is 198 Å². The fraction of sp³-hybridized carbons (Fsp3) is 0.185. The molecule has 3 aromatic rings. The van der Waals surface area contributed by atoms with E-state index in [0.717, 1.165) is 11.1 Å². The van der Waals surface area contributed by atoms with Crippen molar-refractivity contribution in [3.05, 3.63) is 101 Å². The van der Waals surface area contributed by atoms with E-state index in [2.05, 4.69) is 17.2 Å². The quantitative estimate of drug-likeness (QED) is 0.422. The van der Waals surface area contributed by atoms with Crippen molar-refractivity contribution < 1.29 is 23.5 Å². The van der Waals surface area contributed by atoms with E-state index in [1.54, 1.807) is 37.5 Å². The van der Waals surface area contributed by atoms with E-state index >= 15 is 0 Å². The Morgan fingerprint density at radius 1 is 0.971 bits per heavy atom. The number of carbonyl (C=O) groups excluding carboxylic acids is 2. The molecular formula is C27H27FN2O4. The molecule has 34 heavy (non-hydrogen) atoms. The van der Waals surface area contributed by atoms with E-state index in [-0.39, 0.29) is 17.9 Å². The van der Waals surface area contributed by atoms with Crippen LogP contribution in [0.25, 0.3) is 0 Å². The van der Waals surface area contributed by atoms with Crippen molar-refractivity contribution in [1.29, 1.82) is 0 Å². The summed E-state index contributed by atoms with van der Waals surface area (Å²) in [4.78, 5) is 25.2. The van der Waals surface area contributed by atoms with Crippen LogP contribution in [0.2, 0.25) is 0 Å². The molecule has 0 bridgehead atoms. The van der Waals surface area contributed by atoms with Crippen LogP contribution in [0.15, 0.2) is 73.3 Å². The van der Waals surface area contributed by atoms with Gasteiger partial charge in [0.05, 0.1) is 20.3 Å². The maximum atomic E-state index is 13.0. The van der Waals surface area contributed by atoms with Crippen molar-refractivity contribution in [3.8, 4) is 11.5 Å². The number of hydrogen-bond donors (Lipinski definition) is 2. The average molecular weight is 463 g/mol. The minimum atomic E-state index is -0.401. The Balaban J connectivity index is 1.69. The van der Waals surface area contributed by atoms with Crippen LogP contribution in [0.3, 0.4) is 0 Å². The number of amides is 2. The minimum Gasteiger partial charge on any atom is -0.493 e. The highest BCUT2D eigenvalue weighted by Crippen LogP contribution is 2.33. The largest absolute Gasteiger partial charge is 0.493 e. The van der Waals surface area contributed by atoms with Crippen LogP contribution < -0.4 is 20.1 Å². The first-order valence-corrected chi connectivity index (χ1v) is 10.7. The summed E-state index contributed by atoms with van der Waals surface area (Å²) in [5.74, 6) is 0.0541. The molecule has 0 saturated heterocycles. The highest BCUT2D eigenvalue weighted by Gasteiger charge is 2.18. The zero-order chi connectivity index (χ0) is 24.7. The Morgan fingerprint density at radius 2 is 1.65 bits per heavy atom. The number of carbonyl (C=O) groups is 2. The first-order chi connectivity index (χ1) is 16.4. The fourth-order valence-electron chi connectivity index (χ4n) is 3.50. The van der Waals surface area contributed by atoms with Crippen molar-refractivity contribution in [3.63, 3.8) is 0 Å². The van der Waals surface area contributed by atoms with Gasteiger partial charge in [0.15, 0.2) is 11.5 Å². The smallest absolute Gasteiger partial charge is 0.255 e. The third-order valence-electron chi connectivity index (χ3n) is 5.30. The molecule has 3 rings (SSSR count). The van der Waals surface area contributed by atoms with Gasteiger partial charge in [-0.3, -0.25) is 9.59 Å². The van der Waals surface area contributed by atoms with Crippen molar-refractivity contribution in [2.45, 2.75) is 19.4 Å². The maximum Gasteiger partial charge on any atom is 0.255 e. The van der Waals surface area contributed by atoms with Crippen LogP contribution in [0.4, 0.5) is 10.1 Å². The summed E-state index contributed by atoms with van der Waals surface area (Å²) in [6.45, 7) is 5.63. The number of ether oxygens (including phenoxy) is 2. The lowest BCUT2D eigenvalue weighted by atomic mass is 10.0. The molecule has 0 aliphatic carbocycles. The normalized spacial score (nSPS) is 11.3. The Morgan fingerprint density at radius 3 is 2.24 bits per heavy atom. The molecule has 0 aliphatic heterocycles. The first kappa shape index (κ1) is 24.5. The maximum absolute atomic E-state index is 13.0. The van der Waals surface area contributed by atoms with E-state index in [9.17, 15) is 14.0 Å². The topological polar surface area (TPSA) is 76.7 Å². The predicted molar refractivity (Wildman–Crippen MR) is 130 cm³/mol. The van der Waals surface area contributed by atoms with E-state index in [1.807, 2.05) is 19.1 Å². The number of benzene rings is 3. The van der Waals surface area contributed by atoms with E-state index in [4.69, 9.17) is 9.47 Å². The first-order valence-electron chi connectivity index (χ1n) is 10.7. The highest BCUT2D eigenvalue weighted by molar-refractivity contribution is 6.04. The van der Waals surface area contributed by atoms with Gasteiger partial charge in [0.25, 0.3) is 11.8 Å². The summed E-state index contributed by atoms with van der Waals surface area (Å²) in [6, 6.07) is 15.6. The molecule has 0 fully saturated rings. The number of anilines is 1. The Bertz CT molecular complexity index is 1170. The van der Waals surface area contributed by atoms with Crippen LogP contribution in [-0.2, 0) is 6.42 Å². The fourth-order valence-corrected chi connectivity index (χ4v) is 3.50. The zero-order valence-electron chi connectivity index (χ0n) is 19.4. The Hall–Kier alpha value is -4.13.